The lowest BCUT2D eigenvalue weighted by molar-refractivity contribution is 0.400. The molecule has 0 aliphatic carbocycles. The van der Waals surface area contributed by atoms with Crippen molar-refractivity contribution in [2.45, 2.75) is 6.42 Å². The quantitative estimate of drug-likeness (QED) is 0.503. The van der Waals surface area contributed by atoms with Crippen molar-refractivity contribution in [1.82, 2.24) is 9.62 Å². The SMILES string of the molecule is CN(C)CCCNS(=O)(=O)Cl. The molecule has 0 unspecified atom stereocenters. The average Bonchev–Trinajstić information content (AvgIpc) is 1.78. The van der Waals surface area contributed by atoms with Crippen LogP contribution in [0.1, 0.15) is 6.42 Å². The second-order valence-electron chi connectivity index (χ2n) is 2.49. The molecule has 4 nitrogen and oxygen atoms in total. The van der Waals surface area contributed by atoms with Crippen molar-refractivity contribution >= 4 is 19.9 Å². The third-order valence-electron chi connectivity index (χ3n) is 1.06. The molecule has 0 amide bonds. The molecule has 1 N–H and O–H groups in total. The fourth-order valence-electron chi connectivity index (χ4n) is 0.589. The van der Waals surface area contributed by atoms with Crippen molar-refractivity contribution in [2.24, 2.45) is 0 Å². The molecular weight excluding hydrogens is 188 g/mol. The van der Waals surface area contributed by atoms with Gasteiger partial charge in [-0.15, -0.1) is 0 Å². The van der Waals surface area contributed by atoms with Crippen molar-refractivity contribution in [1.29, 1.82) is 0 Å². The minimum atomic E-state index is -3.52. The van der Waals surface area contributed by atoms with E-state index in [1.54, 1.807) is 0 Å². The Morgan fingerprint density at radius 1 is 1.45 bits per heavy atom. The van der Waals surface area contributed by atoms with Crippen LogP contribution in [0.25, 0.3) is 0 Å². The van der Waals surface area contributed by atoms with Gasteiger partial charge in [0.1, 0.15) is 0 Å². The molecule has 0 fully saturated rings. The molecule has 0 saturated carbocycles. The van der Waals surface area contributed by atoms with Gasteiger partial charge in [-0.1, -0.05) is 0 Å². The maximum Gasteiger partial charge on any atom is 0.297 e. The smallest absolute Gasteiger partial charge is 0.297 e. The van der Waals surface area contributed by atoms with E-state index < -0.39 is 9.24 Å². The van der Waals surface area contributed by atoms with Crippen LogP contribution in [0.3, 0.4) is 0 Å². The van der Waals surface area contributed by atoms with Gasteiger partial charge in [-0.25, -0.2) is 4.72 Å². The molecule has 0 aliphatic heterocycles. The molecular formula is C5H13ClN2O2S. The van der Waals surface area contributed by atoms with Crippen LogP contribution in [0, 0.1) is 0 Å². The molecule has 0 atom stereocenters. The van der Waals surface area contributed by atoms with Crippen LogP contribution in [-0.2, 0) is 9.24 Å². The topological polar surface area (TPSA) is 49.4 Å². The molecule has 0 aromatic heterocycles. The van der Waals surface area contributed by atoms with Gasteiger partial charge >= 0.3 is 0 Å². The summed E-state index contributed by atoms with van der Waals surface area (Å²) in [4.78, 5) is 1.97. The molecule has 0 aromatic rings. The van der Waals surface area contributed by atoms with E-state index in [4.69, 9.17) is 10.7 Å². The zero-order valence-corrected chi connectivity index (χ0v) is 8.24. The highest BCUT2D eigenvalue weighted by Crippen LogP contribution is 1.89. The number of hydrogen-bond donors (Lipinski definition) is 1. The largest absolute Gasteiger partial charge is 0.309 e. The van der Waals surface area contributed by atoms with Crippen LogP contribution in [0.2, 0.25) is 0 Å². The maximum absolute atomic E-state index is 10.3. The second kappa shape index (κ2) is 4.92. The molecule has 0 aliphatic rings. The normalized spacial score (nSPS) is 12.4. The van der Waals surface area contributed by atoms with Crippen LogP contribution in [0.4, 0.5) is 0 Å². The van der Waals surface area contributed by atoms with Gasteiger partial charge in [-0.05, 0) is 27.1 Å². The minimum Gasteiger partial charge on any atom is -0.309 e. The number of halogens is 1. The predicted octanol–water partition coefficient (Wildman–Crippen LogP) is 0.0113. The summed E-state index contributed by atoms with van der Waals surface area (Å²) in [5.41, 5.74) is 0. The summed E-state index contributed by atoms with van der Waals surface area (Å²) >= 11 is 0. The van der Waals surface area contributed by atoms with Crippen molar-refractivity contribution in [3.05, 3.63) is 0 Å². The van der Waals surface area contributed by atoms with Crippen LogP contribution in [0.5, 0.6) is 0 Å². The summed E-state index contributed by atoms with van der Waals surface area (Å²) < 4.78 is 22.8. The number of nitrogens with zero attached hydrogens (tertiary/aromatic N) is 1. The van der Waals surface area contributed by atoms with E-state index in [1.165, 1.54) is 0 Å². The number of nitrogens with one attached hydrogen (secondary N) is 1. The average molecular weight is 201 g/mol. The highest BCUT2D eigenvalue weighted by molar-refractivity contribution is 8.12. The second-order valence-corrected chi connectivity index (χ2v) is 4.87. The van der Waals surface area contributed by atoms with E-state index in [9.17, 15) is 8.42 Å². The molecule has 68 valence electrons. The summed E-state index contributed by atoms with van der Waals surface area (Å²) in [6.07, 6.45) is 0.763. The maximum atomic E-state index is 10.3. The first-order valence-corrected chi connectivity index (χ1v) is 5.57. The number of hydrogen-bond acceptors (Lipinski definition) is 3. The van der Waals surface area contributed by atoms with Crippen molar-refractivity contribution in [3.63, 3.8) is 0 Å². The summed E-state index contributed by atoms with van der Waals surface area (Å²) in [7, 11) is 5.23. The molecule has 6 heteroatoms. The lowest BCUT2D eigenvalue weighted by Gasteiger charge is -2.07. The Kier molecular flexibility index (Phi) is 4.99. The Labute approximate surface area is 72.1 Å². The fraction of sp³-hybridized carbons (Fsp3) is 1.00. The van der Waals surface area contributed by atoms with Crippen molar-refractivity contribution < 1.29 is 8.42 Å². The first-order chi connectivity index (χ1) is 4.92. The Morgan fingerprint density at radius 2 is 2.00 bits per heavy atom. The van der Waals surface area contributed by atoms with E-state index in [1.807, 2.05) is 19.0 Å². The van der Waals surface area contributed by atoms with E-state index in [0.717, 1.165) is 13.0 Å². The molecule has 0 saturated heterocycles. The van der Waals surface area contributed by atoms with Crippen LogP contribution in [-0.4, -0.2) is 40.5 Å². The summed E-state index contributed by atoms with van der Waals surface area (Å²) in [5.74, 6) is 0. The van der Waals surface area contributed by atoms with Crippen LogP contribution < -0.4 is 4.72 Å². The molecule has 0 radical (unpaired) electrons. The lowest BCUT2D eigenvalue weighted by atomic mass is 10.4. The Hall–Kier alpha value is 0.160. The van der Waals surface area contributed by atoms with Gasteiger partial charge in [-0.2, -0.15) is 8.42 Å². The molecule has 0 rings (SSSR count). The van der Waals surface area contributed by atoms with Gasteiger partial charge in [0.25, 0.3) is 9.24 Å². The van der Waals surface area contributed by atoms with Gasteiger partial charge in [0.2, 0.25) is 0 Å². The summed E-state index contributed by atoms with van der Waals surface area (Å²) in [6.45, 7) is 1.24. The van der Waals surface area contributed by atoms with E-state index in [-0.39, 0.29) is 0 Å². The van der Waals surface area contributed by atoms with Gasteiger partial charge in [-0.3, -0.25) is 0 Å². The summed E-state index contributed by atoms with van der Waals surface area (Å²) in [5, 5.41) is 0. The first kappa shape index (κ1) is 11.2. The van der Waals surface area contributed by atoms with E-state index >= 15 is 0 Å². The van der Waals surface area contributed by atoms with Gasteiger partial charge in [0.05, 0.1) is 0 Å². The Bertz CT molecular complexity index is 191. The predicted molar refractivity (Wildman–Crippen MR) is 45.9 cm³/mol. The molecule has 0 spiro atoms. The molecule has 0 heterocycles. The van der Waals surface area contributed by atoms with Gasteiger partial charge < -0.3 is 4.90 Å². The monoisotopic (exact) mass is 200 g/mol. The number of rotatable bonds is 5. The van der Waals surface area contributed by atoms with E-state index in [2.05, 4.69) is 4.72 Å². The van der Waals surface area contributed by atoms with Crippen molar-refractivity contribution in [3.8, 4) is 0 Å². The Balaban J connectivity index is 3.30. The molecule has 11 heavy (non-hydrogen) atoms. The van der Waals surface area contributed by atoms with Crippen LogP contribution in [0.15, 0.2) is 0 Å². The van der Waals surface area contributed by atoms with E-state index in [0.29, 0.717) is 6.54 Å². The zero-order valence-electron chi connectivity index (χ0n) is 6.67. The minimum absolute atomic E-state index is 0.393. The third-order valence-corrected chi connectivity index (χ3v) is 1.93. The standard InChI is InChI=1S/C5H13ClN2O2S/c1-8(2)5-3-4-7-11(6,9)10/h7H,3-5H2,1-2H3. The highest BCUT2D eigenvalue weighted by Gasteiger charge is 2.01. The first-order valence-electron chi connectivity index (χ1n) is 3.26. The Morgan fingerprint density at radius 3 is 2.36 bits per heavy atom. The third kappa shape index (κ3) is 10.2. The molecule has 0 aromatic carbocycles. The van der Waals surface area contributed by atoms with Gasteiger partial charge in [0.15, 0.2) is 0 Å². The lowest BCUT2D eigenvalue weighted by Crippen LogP contribution is -2.23. The fourth-order valence-corrected chi connectivity index (χ4v) is 1.21. The summed E-state index contributed by atoms with van der Waals surface area (Å²) in [6, 6.07) is 0. The van der Waals surface area contributed by atoms with Crippen LogP contribution >= 0.6 is 10.7 Å². The zero-order chi connectivity index (χ0) is 8.91. The van der Waals surface area contributed by atoms with Gasteiger partial charge in [0, 0.05) is 17.2 Å². The highest BCUT2D eigenvalue weighted by atomic mass is 35.7. The molecule has 0 bridgehead atoms. The van der Waals surface area contributed by atoms with Crippen molar-refractivity contribution in [2.75, 3.05) is 27.2 Å².